The van der Waals surface area contributed by atoms with Crippen molar-refractivity contribution in [3.63, 3.8) is 0 Å². The average molecular weight is 416 g/mol. The second kappa shape index (κ2) is 8.75. The van der Waals surface area contributed by atoms with Crippen LogP contribution in [0.4, 0.5) is 0 Å². The van der Waals surface area contributed by atoms with Gasteiger partial charge in [0.05, 0.1) is 18.3 Å². The van der Waals surface area contributed by atoms with Gasteiger partial charge in [0.1, 0.15) is 11.0 Å². The lowest BCUT2D eigenvalue weighted by Gasteiger charge is -2.43. The lowest BCUT2D eigenvalue weighted by molar-refractivity contribution is -0.131. The Hall–Kier alpha value is -2.06. The number of carbonyl (C=O) groups excluding carboxylic acids is 2. The highest BCUT2D eigenvalue weighted by atomic mass is 32.1. The molecule has 0 bridgehead atoms. The largest absolute Gasteiger partial charge is 0.348 e. The monoisotopic (exact) mass is 415 g/mol. The van der Waals surface area contributed by atoms with Gasteiger partial charge in [0, 0.05) is 38.8 Å². The summed E-state index contributed by atoms with van der Waals surface area (Å²) in [4.78, 5) is 31.2. The molecule has 4 rings (SSSR count). The smallest absolute Gasteiger partial charge is 0.253 e. The Morgan fingerprint density at radius 2 is 1.83 bits per heavy atom. The number of amides is 2. The molecule has 2 aromatic rings. The maximum atomic E-state index is 13.0. The van der Waals surface area contributed by atoms with E-state index in [0.29, 0.717) is 24.1 Å². The van der Waals surface area contributed by atoms with Crippen molar-refractivity contribution in [1.29, 1.82) is 0 Å². The Morgan fingerprint density at radius 3 is 2.59 bits per heavy atom. The Kier molecular flexibility index (Phi) is 6.10. The zero-order chi connectivity index (χ0) is 20.4. The molecule has 0 N–H and O–H groups in total. The van der Waals surface area contributed by atoms with Gasteiger partial charge >= 0.3 is 0 Å². The van der Waals surface area contributed by atoms with Crippen LogP contribution < -0.4 is 0 Å². The van der Waals surface area contributed by atoms with Crippen LogP contribution in [0.5, 0.6) is 0 Å². The van der Waals surface area contributed by atoms with Crippen molar-refractivity contribution >= 4 is 34.6 Å². The minimum atomic E-state index is 0.0848. The first kappa shape index (κ1) is 20.2. The highest BCUT2D eigenvalue weighted by molar-refractivity contribution is 7.00. The van der Waals surface area contributed by atoms with Crippen molar-refractivity contribution < 1.29 is 9.59 Å². The molecule has 0 saturated carbocycles. The van der Waals surface area contributed by atoms with Gasteiger partial charge in [-0.05, 0) is 56.3 Å². The minimum Gasteiger partial charge on any atom is -0.348 e. The molecule has 156 valence electrons. The highest BCUT2D eigenvalue weighted by Gasteiger charge is 2.34. The predicted molar refractivity (Wildman–Crippen MR) is 114 cm³/mol. The normalized spacial score (nSPS) is 21.4. The van der Waals surface area contributed by atoms with Gasteiger partial charge in [-0.1, -0.05) is 6.42 Å². The van der Waals surface area contributed by atoms with Crippen molar-refractivity contribution in [1.82, 2.24) is 23.4 Å². The topological polar surface area (TPSA) is 69.6 Å². The van der Waals surface area contributed by atoms with Gasteiger partial charge in [-0.2, -0.15) is 8.75 Å². The van der Waals surface area contributed by atoms with Crippen LogP contribution in [0.15, 0.2) is 18.2 Å². The van der Waals surface area contributed by atoms with Crippen LogP contribution in [0.25, 0.3) is 11.0 Å². The van der Waals surface area contributed by atoms with E-state index >= 15 is 0 Å². The quantitative estimate of drug-likeness (QED) is 0.767. The van der Waals surface area contributed by atoms with E-state index in [2.05, 4.69) is 13.6 Å². The number of piperidine rings is 2. The molecule has 0 unspecified atom stereocenters. The Labute approximate surface area is 176 Å². The molecular weight excluding hydrogens is 386 g/mol. The SMILES string of the molecule is CN(C)C(=O)CN1CCCC[C@H]1C1CCN(C(=O)c2ccc3nsnc3c2)CC1. The van der Waals surface area contributed by atoms with Gasteiger partial charge in [0.25, 0.3) is 5.91 Å². The summed E-state index contributed by atoms with van der Waals surface area (Å²) in [6.07, 6.45) is 5.57. The number of fused-ring (bicyclic) bond motifs is 1. The van der Waals surface area contributed by atoms with Gasteiger partial charge in [-0.15, -0.1) is 0 Å². The number of hydrogen-bond donors (Lipinski definition) is 0. The van der Waals surface area contributed by atoms with E-state index < -0.39 is 0 Å². The van der Waals surface area contributed by atoms with E-state index in [1.54, 1.807) is 4.90 Å². The standard InChI is InChI=1S/C21H29N5O2S/c1-24(2)20(27)14-26-10-4-3-5-19(26)15-8-11-25(12-9-15)21(28)16-6-7-17-18(13-16)23-29-22-17/h6-7,13,15,19H,3-5,8-12,14H2,1-2H3/t19-/m0/s1. The number of benzene rings is 1. The molecule has 0 spiro atoms. The summed E-state index contributed by atoms with van der Waals surface area (Å²) >= 11 is 1.17. The van der Waals surface area contributed by atoms with Crippen LogP contribution >= 0.6 is 11.7 Å². The molecule has 1 aromatic carbocycles. The van der Waals surface area contributed by atoms with E-state index in [4.69, 9.17) is 0 Å². The molecule has 29 heavy (non-hydrogen) atoms. The second-order valence-corrected chi connectivity index (χ2v) is 8.95. The summed E-state index contributed by atoms with van der Waals surface area (Å²) in [5.41, 5.74) is 2.33. The maximum Gasteiger partial charge on any atom is 0.253 e. The number of hydrogen-bond acceptors (Lipinski definition) is 6. The molecule has 0 aliphatic carbocycles. The predicted octanol–water partition coefficient (Wildman–Crippen LogP) is 2.49. The van der Waals surface area contributed by atoms with Crippen molar-refractivity contribution in [2.45, 2.75) is 38.1 Å². The number of carbonyl (C=O) groups is 2. The third kappa shape index (κ3) is 4.43. The van der Waals surface area contributed by atoms with Crippen LogP contribution in [0.2, 0.25) is 0 Å². The van der Waals surface area contributed by atoms with Crippen molar-refractivity contribution in [3.8, 4) is 0 Å². The van der Waals surface area contributed by atoms with Gasteiger partial charge in [-0.3, -0.25) is 14.5 Å². The van der Waals surface area contributed by atoms with Gasteiger partial charge < -0.3 is 9.80 Å². The first-order valence-corrected chi connectivity index (χ1v) is 11.2. The molecular formula is C21H29N5O2S. The molecule has 0 radical (unpaired) electrons. The van der Waals surface area contributed by atoms with Gasteiger partial charge in [-0.25, -0.2) is 0 Å². The molecule has 2 saturated heterocycles. The molecule has 8 heteroatoms. The van der Waals surface area contributed by atoms with Crippen LogP contribution in [-0.2, 0) is 4.79 Å². The summed E-state index contributed by atoms with van der Waals surface area (Å²) in [6, 6.07) is 6.04. The number of nitrogens with zero attached hydrogens (tertiary/aromatic N) is 5. The number of aromatic nitrogens is 2. The van der Waals surface area contributed by atoms with Gasteiger partial charge in [0.15, 0.2) is 0 Å². The Bertz CT molecular complexity index is 875. The Balaban J connectivity index is 1.37. The van der Waals surface area contributed by atoms with Crippen LogP contribution in [0.3, 0.4) is 0 Å². The zero-order valence-corrected chi connectivity index (χ0v) is 18.0. The minimum absolute atomic E-state index is 0.0848. The third-order valence-electron chi connectivity index (χ3n) is 6.37. The summed E-state index contributed by atoms with van der Waals surface area (Å²) in [5, 5.41) is 0. The number of likely N-dealkylation sites (tertiary alicyclic amines) is 2. The molecule has 1 atom stereocenters. The van der Waals surface area contributed by atoms with Crippen LogP contribution in [0.1, 0.15) is 42.5 Å². The lowest BCUT2D eigenvalue weighted by atomic mass is 9.83. The van der Waals surface area contributed by atoms with E-state index in [0.717, 1.165) is 49.9 Å². The van der Waals surface area contributed by atoms with Crippen molar-refractivity contribution in [2.75, 3.05) is 40.3 Å². The fourth-order valence-corrected chi connectivity index (χ4v) is 5.16. The van der Waals surface area contributed by atoms with E-state index in [-0.39, 0.29) is 11.8 Å². The summed E-state index contributed by atoms with van der Waals surface area (Å²) in [7, 11) is 3.65. The number of likely N-dealkylation sites (N-methyl/N-ethyl adjacent to an activating group) is 1. The Morgan fingerprint density at radius 1 is 1.07 bits per heavy atom. The summed E-state index contributed by atoms with van der Waals surface area (Å²) in [5.74, 6) is 0.817. The number of rotatable bonds is 4. The summed E-state index contributed by atoms with van der Waals surface area (Å²) < 4.78 is 8.45. The van der Waals surface area contributed by atoms with Gasteiger partial charge in [0.2, 0.25) is 5.91 Å². The van der Waals surface area contributed by atoms with E-state index in [1.807, 2.05) is 37.2 Å². The molecule has 2 aliphatic rings. The first-order chi connectivity index (χ1) is 14.0. The molecule has 1 aromatic heterocycles. The molecule has 3 heterocycles. The molecule has 2 fully saturated rings. The average Bonchev–Trinajstić information content (AvgIpc) is 3.21. The lowest BCUT2D eigenvalue weighted by Crippen LogP contribution is -2.51. The summed E-state index contributed by atoms with van der Waals surface area (Å²) in [6.45, 7) is 3.08. The maximum absolute atomic E-state index is 13.0. The highest BCUT2D eigenvalue weighted by Crippen LogP contribution is 2.31. The molecule has 2 aliphatic heterocycles. The van der Waals surface area contributed by atoms with E-state index in [9.17, 15) is 9.59 Å². The van der Waals surface area contributed by atoms with Crippen molar-refractivity contribution in [3.05, 3.63) is 23.8 Å². The zero-order valence-electron chi connectivity index (χ0n) is 17.2. The molecule has 7 nitrogen and oxygen atoms in total. The first-order valence-electron chi connectivity index (χ1n) is 10.5. The fourth-order valence-electron chi connectivity index (χ4n) is 4.65. The second-order valence-electron chi connectivity index (χ2n) is 8.42. The van der Waals surface area contributed by atoms with E-state index in [1.165, 1.54) is 24.6 Å². The third-order valence-corrected chi connectivity index (χ3v) is 6.93. The fraction of sp³-hybridized carbons (Fsp3) is 0.619. The van der Waals surface area contributed by atoms with Crippen LogP contribution in [-0.4, -0.2) is 81.6 Å². The van der Waals surface area contributed by atoms with Crippen molar-refractivity contribution in [2.24, 2.45) is 5.92 Å². The van der Waals surface area contributed by atoms with Crippen LogP contribution in [0, 0.1) is 5.92 Å². The molecule has 2 amide bonds.